The molecular formula is C12H21NS. The van der Waals surface area contributed by atoms with Crippen molar-refractivity contribution in [3.63, 3.8) is 0 Å². The second-order valence-corrected chi connectivity index (χ2v) is 3.87. The third-order valence-corrected chi connectivity index (χ3v) is 2.90. The minimum Gasteiger partial charge on any atom is -0.254 e. The van der Waals surface area contributed by atoms with Crippen LogP contribution < -0.4 is 0 Å². The van der Waals surface area contributed by atoms with Gasteiger partial charge >= 0.3 is 0 Å². The lowest BCUT2D eigenvalue weighted by Crippen LogP contribution is -2.07. The van der Waals surface area contributed by atoms with Crippen molar-refractivity contribution in [2.75, 3.05) is 13.6 Å². The Morgan fingerprint density at radius 1 is 1.14 bits per heavy atom. The summed E-state index contributed by atoms with van der Waals surface area (Å²) in [6.45, 7) is 7.26. The Hall–Kier alpha value is -0.470. The Kier molecular flexibility index (Phi) is 8.79. The molecule has 0 spiro atoms. The van der Waals surface area contributed by atoms with E-state index < -0.39 is 0 Å². The first-order chi connectivity index (χ1) is 6.83. The van der Waals surface area contributed by atoms with Gasteiger partial charge < -0.3 is 0 Å². The molecule has 0 aliphatic heterocycles. The SMILES string of the molecule is CC.CCN(C)SCc1ccccc1. The van der Waals surface area contributed by atoms with Gasteiger partial charge in [-0.3, -0.25) is 4.31 Å². The quantitative estimate of drug-likeness (QED) is 0.697. The van der Waals surface area contributed by atoms with Gasteiger partial charge in [-0.1, -0.05) is 63.1 Å². The zero-order valence-corrected chi connectivity index (χ0v) is 10.5. The van der Waals surface area contributed by atoms with E-state index >= 15 is 0 Å². The highest BCUT2D eigenvalue weighted by atomic mass is 32.2. The van der Waals surface area contributed by atoms with E-state index in [1.807, 2.05) is 25.8 Å². The second kappa shape index (κ2) is 9.10. The molecule has 1 aromatic carbocycles. The number of nitrogens with zero attached hydrogens (tertiary/aromatic N) is 1. The van der Waals surface area contributed by atoms with Crippen molar-refractivity contribution >= 4 is 11.9 Å². The molecule has 0 heterocycles. The Morgan fingerprint density at radius 3 is 2.21 bits per heavy atom. The highest BCUT2D eigenvalue weighted by Crippen LogP contribution is 2.13. The van der Waals surface area contributed by atoms with E-state index in [-0.39, 0.29) is 0 Å². The van der Waals surface area contributed by atoms with Crippen molar-refractivity contribution in [1.82, 2.24) is 4.31 Å². The number of hydrogen-bond acceptors (Lipinski definition) is 2. The molecule has 0 amide bonds. The van der Waals surface area contributed by atoms with Crippen molar-refractivity contribution in [3.8, 4) is 0 Å². The zero-order valence-electron chi connectivity index (χ0n) is 9.66. The van der Waals surface area contributed by atoms with Crippen LogP contribution in [0.5, 0.6) is 0 Å². The molecule has 0 aliphatic carbocycles. The van der Waals surface area contributed by atoms with Gasteiger partial charge in [-0.05, 0) is 12.6 Å². The van der Waals surface area contributed by atoms with Gasteiger partial charge in [0.25, 0.3) is 0 Å². The van der Waals surface area contributed by atoms with E-state index in [1.165, 1.54) is 5.56 Å². The fraction of sp³-hybridized carbons (Fsp3) is 0.500. The largest absolute Gasteiger partial charge is 0.254 e. The fourth-order valence-electron chi connectivity index (χ4n) is 0.850. The second-order valence-electron chi connectivity index (χ2n) is 2.70. The molecule has 0 aromatic heterocycles. The molecule has 1 nitrogen and oxygen atoms in total. The molecule has 0 bridgehead atoms. The molecule has 0 radical (unpaired) electrons. The Bertz CT molecular complexity index is 211. The van der Waals surface area contributed by atoms with Crippen LogP contribution in [0.25, 0.3) is 0 Å². The predicted molar refractivity (Wildman–Crippen MR) is 67.4 cm³/mol. The van der Waals surface area contributed by atoms with Crippen molar-refractivity contribution in [3.05, 3.63) is 35.9 Å². The monoisotopic (exact) mass is 211 g/mol. The summed E-state index contributed by atoms with van der Waals surface area (Å²) in [4.78, 5) is 0. The van der Waals surface area contributed by atoms with Crippen LogP contribution in [0.1, 0.15) is 26.3 Å². The fourth-order valence-corrected chi connectivity index (χ4v) is 1.59. The van der Waals surface area contributed by atoms with E-state index in [1.54, 1.807) is 0 Å². The lowest BCUT2D eigenvalue weighted by molar-refractivity contribution is 0.602. The van der Waals surface area contributed by atoms with Gasteiger partial charge in [0.1, 0.15) is 0 Å². The van der Waals surface area contributed by atoms with Gasteiger partial charge in [-0.15, -0.1) is 0 Å². The van der Waals surface area contributed by atoms with Gasteiger partial charge in [-0.2, -0.15) is 0 Å². The molecule has 80 valence electrons. The van der Waals surface area contributed by atoms with E-state index in [0.29, 0.717) is 0 Å². The van der Waals surface area contributed by atoms with Crippen molar-refractivity contribution in [2.45, 2.75) is 26.5 Å². The average Bonchev–Trinajstić information content (AvgIpc) is 2.30. The van der Waals surface area contributed by atoms with Crippen LogP contribution >= 0.6 is 11.9 Å². The highest BCUT2D eigenvalue weighted by molar-refractivity contribution is 7.96. The Labute approximate surface area is 92.6 Å². The van der Waals surface area contributed by atoms with Crippen LogP contribution in [-0.2, 0) is 5.75 Å². The maximum atomic E-state index is 2.24. The van der Waals surface area contributed by atoms with E-state index in [2.05, 4.69) is 48.6 Å². The molecular weight excluding hydrogens is 190 g/mol. The zero-order chi connectivity index (χ0) is 10.8. The molecule has 0 aliphatic rings. The van der Waals surface area contributed by atoms with Crippen molar-refractivity contribution < 1.29 is 0 Å². The molecule has 1 aromatic rings. The number of rotatable bonds is 4. The molecule has 0 fully saturated rings. The van der Waals surface area contributed by atoms with E-state index in [4.69, 9.17) is 0 Å². The van der Waals surface area contributed by atoms with Crippen LogP contribution in [0.15, 0.2) is 30.3 Å². The number of hydrogen-bond donors (Lipinski definition) is 0. The summed E-state index contributed by atoms with van der Waals surface area (Å²) in [7, 11) is 2.12. The topological polar surface area (TPSA) is 3.24 Å². The molecule has 1 rings (SSSR count). The summed E-state index contributed by atoms with van der Waals surface area (Å²) in [6.07, 6.45) is 0. The van der Waals surface area contributed by atoms with Gasteiger partial charge in [0.15, 0.2) is 0 Å². The minimum absolute atomic E-state index is 1.07. The van der Waals surface area contributed by atoms with Crippen LogP contribution in [0, 0.1) is 0 Å². The summed E-state index contributed by atoms with van der Waals surface area (Å²) >= 11 is 1.86. The van der Waals surface area contributed by atoms with Crippen LogP contribution in [0.3, 0.4) is 0 Å². The van der Waals surface area contributed by atoms with Gasteiger partial charge in [0.05, 0.1) is 0 Å². The lowest BCUT2D eigenvalue weighted by Gasteiger charge is -2.11. The predicted octanol–water partition coefficient (Wildman–Crippen LogP) is 3.81. The van der Waals surface area contributed by atoms with Crippen molar-refractivity contribution in [1.29, 1.82) is 0 Å². The summed E-state index contributed by atoms with van der Waals surface area (Å²) in [5.74, 6) is 1.07. The molecule has 0 saturated carbocycles. The maximum absolute atomic E-state index is 2.24. The summed E-state index contributed by atoms with van der Waals surface area (Å²) in [6, 6.07) is 10.5. The lowest BCUT2D eigenvalue weighted by atomic mass is 10.2. The summed E-state index contributed by atoms with van der Waals surface area (Å²) in [5.41, 5.74) is 1.39. The first-order valence-corrected chi connectivity index (χ1v) is 6.15. The third kappa shape index (κ3) is 6.06. The normalized spacial score (nSPS) is 9.50. The third-order valence-electron chi connectivity index (χ3n) is 1.74. The van der Waals surface area contributed by atoms with E-state index in [0.717, 1.165) is 12.3 Å². The average molecular weight is 211 g/mol. The van der Waals surface area contributed by atoms with E-state index in [9.17, 15) is 0 Å². The molecule has 0 atom stereocenters. The van der Waals surface area contributed by atoms with Gasteiger partial charge in [-0.25, -0.2) is 0 Å². The van der Waals surface area contributed by atoms with Crippen molar-refractivity contribution in [2.24, 2.45) is 0 Å². The summed E-state index contributed by atoms with van der Waals surface area (Å²) < 4.78 is 2.24. The van der Waals surface area contributed by atoms with Crippen LogP contribution in [-0.4, -0.2) is 17.9 Å². The smallest absolute Gasteiger partial charge is 0.0332 e. The Balaban J connectivity index is 0.000000791. The first-order valence-electron chi connectivity index (χ1n) is 5.21. The minimum atomic E-state index is 1.07. The molecule has 2 heteroatoms. The first kappa shape index (κ1) is 13.5. The molecule has 0 unspecified atom stereocenters. The molecule has 14 heavy (non-hydrogen) atoms. The highest BCUT2D eigenvalue weighted by Gasteiger charge is 1.95. The van der Waals surface area contributed by atoms with Crippen LogP contribution in [0.4, 0.5) is 0 Å². The molecule has 0 saturated heterocycles. The van der Waals surface area contributed by atoms with Gasteiger partial charge in [0.2, 0.25) is 0 Å². The maximum Gasteiger partial charge on any atom is 0.0332 e. The molecule has 0 N–H and O–H groups in total. The van der Waals surface area contributed by atoms with Crippen LogP contribution in [0.2, 0.25) is 0 Å². The van der Waals surface area contributed by atoms with Gasteiger partial charge in [0, 0.05) is 12.3 Å². The Morgan fingerprint density at radius 2 is 1.71 bits per heavy atom. The number of benzene rings is 1. The standard InChI is InChI=1S/C10H15NS.C2H6/c1-3-11(2)12-9-10-7-5-4-6-8-10;1-2/h4-8H,3,9H2,1-2H3;1-2H3. The summed E-state index contributed by atoms with van der Waals surface area (Å²) in [5, 5.41) is 0.